The molecular formula is C16H19N3O3S. The van der Waals surface area contributed by atoms with E-state index < -0.39 is 6.10 Å². The number of benzene rings is 1. The first-order valence-corrected chi connectivity index (χ1v) is 8.71. The van der Waals surface area contributed by atoms with Crippen molar-refractivity contribution in [3.05, 3.63) is 24.3 Å². The minimum atomic E-state index is -0.408. The van der Waals surface area contributed by atoms with Gasteiger partial charge >= 0.3 is 0 Å². The highest BCUT2D eigenvalue weighted by atomic mass is 32.1. The van der Waals surface area contributed by atoms with Crippen LogP contribution in [0, 0.1) is 0 Å². The summed E-state index contributed by atoms with van der Waals surface area (Å²) in [4.78, 5) is 21.3. The molecule has 1 aromatic heterocycles. The fourth-order valence-electron chi connectivity index (χ4n) is 2.96. The van der Waals surface area contributed by atoms with Crippen molar-refractivity contribution in [1.82, 2.24) is 9.88 Å². The van der Waals surface area contributed by atoms with Crippen molar-refractivity contribution in [2.24, 2.45) is 0 Å². The van der Waals surface area contributed by atoms with E-state index in [0.717, 1.165) is 17.2 Å². The van der Waals surface area contributed by atoms with E-state index in [-0.39, 0.29) is 5.91 Å². The maximum Gasteiger partial charge on any atom is 0.253 e. The van der Waals surface area contributed by atoms with Gasteiger partial charge in [0.2, 0.25) is 0 Å². The van der Waals surface area contributed by atoms with E-state index in [1.165, 1.54) is 4.70 Å². The zero-order chi connectivity index (χ0) is 15.6. The van der Waals surface area contributed by atoms with Crippen LogP contribution in [0.5, 0.6) is 0 Å². The smallest absolute Gasteiger partial charge is 0.253 e. The number of nitrogens with zero attached hydrogens (tertiary/aromatic N) is 3. The molecule has 0 aliphatic carbocycles. The van der Waals surface area contributed by atoms with Crippen molar-refractivity contribution in [3.8, 4) is 0 Å². The molecule has 1 amide bonds. The number of ether oxygens (including phenoxy) is 2. The van der Waals surface area contributed by atoms with Gasteiger partial charge in [0.1, 0.15) is 0 Å². The highest BCUT2D eigenvalue weighted by molar-refractivity contribution is 7.22. The number of hydrogen-bond acceptors (Lipinski definition) is 6. The molecule has 0 spiro atoms. The molecule has 1 unspecified atom stereocenters. The zero-order valence-electron chi connectivity index (χ0n) is 12.8. The third-order valence-electron chi connectivity index (χ3n) is 4.22. The van der Waals surface area contributed by atoms with Crippen LogP contribution in [0.25, 0.3) is 10.2 Å². The maximum absolute atomic E-state index is 12.6. The number of amides is 1. The topological polar surface area (TPSA) is 54.9 Å². The average Bonchev–Trinajstić information content (AvgIpc) is 3.06. The second-order valence-corrected chi connectivity index (χ2v) is 6.72. The summed E-state index contributed by atoms with van der Waals surface area (Å²) in [6, 6.07) is 8.11. The van der Waals surface area contributed by atoms with Crippen LogP contribution < -0.4 is 4.90 Å². The van der Waals surface area contributed by atoms with E-state index in [9.17, 15) is 4.79 Å². The van der Waals surface area contributed by atoms with Crippen LogP contribution in [-0.4, -0.2) is 67.9 Å². The predicted octanol–water partition coefficient (Wildman–Crippen LogP) is 1.36. The quantitative estimate of drug-likeness (QED) is 0.831. The second-order valence-electron chi connectivity index (χ2n) is 5.71. The summed E-state index contributed by atoms with van der Waals surface area (Å²) in [5.74, 6) is 0.0686. The number of carbonyl (C=O) groups is 1. The normalized spacial score (nSPS) is 22.5. The molecule has 122 valence electrons. The lowest BCUT2D eigenvalue weighted by atomic mass is 10.2. The number of morpholine rings is 2. The minimum absolute atomic E-state index is 0.0686. The van der Waals surface area contributed by atoms with E-state index in [1.54, 1.807) is 11.3 Å². The van der Waals surface area contributed by atoms with Gasteiger partial charge in [-0.25, -0.2) is 4.98 Å². The fourth-order valence-corrected chi connectivity index (χ4v) is 3.96. The van der Waals surface area contributed by atoms with Gasteiger partial charge in [-0.1, -0.05) is 23.5 Å². The van der Waals surface area contributed by atoms with Gasteiger partial charge in [-0.15, -0.1) is 0 Å². The Hall–Kier alpha value is -1.70. The van der Waals surface area contributed by atoms with Gasteiger partial charge in [0, 0.05) is 19.6 Å². The summed E-state index contributed by atoms with van der Waals surface area (Å²) in [5, 5.41) is 0.967. The van der Waals surface area contributed by atoms with Crippen LogP contribution in [0.3, 0.4) is 0 Å². The lowest BCUT2D eigenvalue weighted by Gasteiger charge is -2.36. The number of thiazole rings is 1. The third kappa shape index (κ3) is 3.04. The van der Waals surface area contributed by atoms with Crippen molar-refractivity contribution in [1.29, 1.82) is 0 Å². The number of hydrogen-bond donors (Lipinski definition) is 0. The summed E-state index contributed by atoms with van der Waals surface area (Å²) in [6.07, 6.45) is -0.408. The van der Waals surface area contributed by atoms with Crippen LogP contribution in [0.15, 0.2) is 24.3 Å². The Morgan fingerprint density at radius 2 is 2.00 bits per heavy atom. The largest absolute Gasteiger partial charge is 0.378 e. The summed E-state index contributed by atoms with van der Waals surface area (Å²) in [6.45, 7) is 4.42. The Labute approximate surface area is 138 Å². The van der Waals surface area contributed by atoms with Gasteiger partial charge in [-0.3, -0.25) is 4.79 Å². The van der Waals surface area contributed by atoms with Gasteiger partial charge in [0.05, 0.1) is 36.6 Å². The Morgan fingerprint density at radius 3 is 2.83 bits per heavy atom. The summed E-state index contributed by atoms with van der Waals surface area (Å²) < 4.78 is 12.2. The number of anilines is 1. The molecule has 1 aromatic carbocycles. The first-order valence-electron chi connectivity index (χ1n) is 7.90. The Balaban J connectivity index is 1.48. The Kier molecular flexibility index (Phi) is 4.15. The molecule has 4 rings (SSSR count). The zero-order valence-corrected chi connectivity index (χ0v) is 13.6. The van der Waals surface area contributed by atoms with Gasteiger partial charge in [-0.2, -0.15) is 0 Å². The summed E-state index contributed by atoms with van der Waals surface area (Å²) in [5.41, 5.74) is 1.01. The van der Waals surface area contributed by atoms with Crippen LogP contribution >= 0.6 is 11.3 Å². The highest BCUT2D eigenvalue weighted by Crippen LogP contribution is 2.29. The lowest BCUT2D eigenvalue weighted by molar-refractivity contribution is -0.148. The molecule has 2 fully saturated rings. The van der Waals surface area contributed by atoms with E-state index in [2.05, 4.69) is 16.0 Å². The van der Waals surface area contributed by atoms with Crippen molar-refractivity contribution in [2.75, 3.05) is 50.9 Å². The average molecular weight is 333 g/mol. The molecule has 2 aromatic rings. The molecule has 6 nitrogen and oxygen atoms in total. The lowest BCUT2D eigenvalue weighted by Crippen LogP contribution is -2.53. The Morgan fingerprint density at radius 1 is 1.17 bits per heavy atom. The molecule has 2 saturated heterocycles. The maximum atomic E-state index is 12.6. The summed E-state index contributed by atoms with van der Waals surface area (Å²) >= 11 is 1.67. The van der Waals surface area contributed by atoms with Crippen molar-refractivity contribution in [3.63, 3.8) is 0 Å². The molecule has 1 atom stereocenters. The van der Waals surface area contributed by atoms with Gasteiger partial charge in [0.15, 0.2) is 11.2 Å². The summed E-state index contributed by atoms with van der Waals surface area (Å²) in [7, 11) is 0. The molecular weight excluding hydrogens is 314 g/mol. The number of rotatable bonds is 2. The van der Waals surface area contributed by atoms with E-state index in [0.29, 0.717) is 39.5 Å². The van der Waals surface area contributed by atoms with Gasteiger partial charge < -0.3 is 19.3 Å². The third-order valence-corrected chi connectivity index (χ3v) is 5.31. The van der Waals surface area contributed by atoms with Crippen LogP contribution in [-0.2, 0) is 14.3 Å². The molecule has 7 heteroatoms. The van der Waals surface area contributed by atoms with Crippen LogP contribution in [0.4, 0.5) is 5.13 Å². The number of carbonyl (C=O) groups excluding carboxylic acids is 1. The molecule has 2 aliphatic rings. The highest BCUT2D eigenvalue weighted by Gasteiger charge is 2.32. The van der Waals surface area contributed by atoms with E-state index in [1.807, 2.05) is 23.1 Å². The number of para-hydroxylation sites is 1. The van der Waals surface area contributed by atoms with E-state index in [4.69, 9.17) is 9.47 Å². The molecule has 0 N–H and O–H groups in total. The second kappa shape index (κ2) is 6.43. The Bertz CT molecular complexity index is 666. The molecule has 23 heavy (non-hydrogen) atoms. The number of aromatic nitrogens is 1. The molecule has 0 saturated carbocycles. The predicted molar refractivity (Wildman–Crippen MR) is 89.0 cm³/mol. The van der Waals surface area contributed by atoms with Gasteiger partial charge in [0.25, 0.3) is 5.91 Å². The van der Waals surface area contributed by atoms with Crippen LogP contribution in [0.1, 0.15) is 0 Å². The molecule has 2 aliphatic heterocycles. The first kappa shape index (κ1) is 14.9. The fraction of sp³-hybridized carbons (Fsp3) is 0.500. The van der Waals surface area contributed by atoms with E-state index >= 15 is 0 Å². The monoisotopic (exact) mass is 333 g/mol. The molecule has 0 bridgehead atoms. The number of fused-ring (bicyclic) bond motifs is 1. The SMILES string of the molecule is O=C(C1CN(c2nc3ccccc3s2)CCO1)N1CCOCC1. The van der Waals surface area contributed by atoms with Crippen molar-refractivity contribution >= 4 is 32.6 Å². The molecule has 3 heterocycles. The first-order chi connectivity index (χ1) is 11.3. The van der Waals surface area contributed by atoms with Gasteiger partial charge in [-0.05, 0) is 12.1 Å². The minimum Gasteiger partial charge on any atom is -0.378 e. The standard InChI is InChI=1S/C16H19N3O3S/c20-15(18-5-8-21-9-6-18)13-11-19(7-10-22-13)16-17-12-3-1-2-4-14(12)23-16/h1-4,13H,5-11H2. The van der Waals surface area contributed by atoms with Crippen molar-refractivity contribution < 1.29 is 14.3 Å². The molecule has 0 radical (unpaired) electrons. The van der Waals surface area contributed by atoms with Crippen molar-refractivity contribution in [2.45, 2.75) is 6.10 Å². The van der Waals surface area contributed by atoms with Crippen LogP contribution in [0.2, 0.25) is 0 Å².